The van der Waals surface area contributed by atoms with Gasteiger partial charge in [-0.2, -0.15) is 0 Å². The first-order valence-electron chi connectivity index (χ1n) is 7.20. The van der Waals surface area contributed by atoms with Gasteiger partial charge in [0, 0.05) is 12.3 Å². The maximum absolute atomic E-state index is 6.12. The van der Waals surface area contributed by atoms with Gasteiger partial charge in [0.15, 0.2) is 5.90 Å². The predicted octanol–water partition coefficient (Wildman–Crippen LogP) is 3.86. The highest BCUT2D eigenvalue weighted by Crippen LogP contribution is 2.41. The lowest BCUT2D eigenvalue weighted by molar-refractivity contribution is 0.0974. The number of ether oxygens (including phenoxy) is 1. The van der Waals surface area contributed by atoms with Crippen molar-refractivity contribution < 1.29 is 4.74 Å². The molecule has 3 rings (SSSR count). The van der Waals surface area contributed by atoms with E-state index in [0.29, 0.717) is 12.0 Å². The Morgan fingerprint density at radius 3 is 2.82 bits per heavy atom. The fraction of sp³-hybridized carbons (Fsp3) is 0.800. The lowest BCUT2D eigenvalue weighted by Crippen LogP contribution is -2.31. The summed E-state index contributed by atoms with van der Waals surface area (Å²) in [6.07, 6.45) is 14.7. The van der Waals surface area contributed by atoms with Crippen molar-refractivity contribution in [2.75, 3.05) is 0 Å². The van der Waals surface area contributed by atoms with Gasteiger partial charge in [-0.15, -0.1) is 0 Å². The van der Waals surface area contributed by atoms with Crippen molar-refractivity contribution in [1.29, 1.82) is 0 Å². The third-order valence-electron chi connectivity index (χ3n) is 4.60. The van der Waals surface area contributed by atoms with E-state index >= 15 is 0 Å². The average Bonchev–Trinajstić information content (AvgIpc) is 2.66. The maximum atomic E-state index is 6.12. The zero-order valence-electron chi connectivity index (χ0n) is 10.8. The molecule has 2 fully saturated rings. The van der Waals surface area contributed by atoms with Crippen LogP contribution in [-0.2, 0) is 4.74 Å². The monoisotopic (exact) mass is 233 g/mol. The van der Waals surface area contributed by atoms with Gasteiger partial charge < -0.3 is 4.74 Å². The Hall–Kier alpha value is -0.790. The molecule has 0 radical (unpaired) electrons. The molecule has 2 heteroatoms. The Labute approximate surface area is 104 Å². The van der Waals surface area contributed by atoms with Gasteiger partial charge in [0.2, 0.25) is 0 Å². The van der Waals surface area contributed by atoms with Crippen LogP contribution in [0, 0.1) is 5.92 Å². The van der Waals surface area contributed by atoms with Gasteiger partial charge in [0.05, 0.1) is 6.04 Å². The summed E-state index contributed by atoms with van der Waals surface area (Å²) in [5.41, 5.74) is -0.0499. The lowest BCUT2D eigenvalue weighted by atomic mass is 9.81. The Balaban J connectivity index is 1.70. The molecule has 1 saturated carbocycles. The largest absolute Gasteiger partial charge is 0.470 e. The van der Waals surface area contributed by atoms with Crippen molar-refractivity contribution in [2.24, 2.45) is 10.9 Å². The summed E-state index contributed by atoms with van der Waals surface area (Å²) < 4.78 is 6.12. The van der Waals surface area contributed by atoms with E-state index in [1.165, 1.54) is 44.9 Å². The topological polar surface area (TPSA) is 21.6 Å². The van der Waals surface area contributed by atoms with E-state index < -0.39 is 0 Å². The zero-order valence-corrected chi connectivity index (χ0v) is 10.8. The predicted molar refractivity (Wildman–Crippen MR) is 70.3 cm³/mol. The number of fused-ring (bicyclic) bond motifs is 1. The molecule has 0 aromatic heterocycles. The van der Waals surface area contributed by atoms with Crippen molar-refractivity contribution in [3.8, 4) is 0 Å². The normalized spacial score (nSPS) is 40.3. The highest BCUT2D eigenvalue weighted by molar-refractivity contribution is 5.79. The van der Waals surface area contributed by atoms with Gasteiger partial charge in [0.1, 0.15) is 5.60 Å². The molecule has 2 unspecified atom stereocenters. The van der Waals surface area contributed by atoms with Crippen LogP contribution in [0.2, 0.25) is 0 Å². The van der Waals surface area contributed by atoms with Crippen LogP contribution < -0.4 is 0 Å². The molecule has 2 nitrogen and oxygen atoms in total. The van der Waals surface area contributed by atoms with Crippen molar-refractivity contribution in [1.82, 2.24) is 0 Å². The van der Waals surface area contributed by atoms with Crippen molar-refractivity contribution in [3.05, 3.63) is 12.2 Å². The summed E-state index contributed by atoms with van der Waals surface area (Å²) in [6.45, 7) is 2.22. The molecule has 0 aromatic carbocycles. The van der Waals surface area contributed by atoms with E-state index in [0.717, 1.165) is 12.3 Å². The van der Waals surface area contributed by atoms with Gasteiger partial charge in [-0.1, -0.05) is 25.3 Å². The summed E-state index contributed by atoms with van der Waals surface area (Å²) in [5, 5.41) is 0. The molecule has 0 amide bonds. The van der Waals surface area contributed by atoms with Crippen LogP contribution in [0.15, 0.2) is 17.1 Å². The molecule has 0 N–H and O–H groups in total. The number of aliphatic imine (C=N–C) groups is 1. The minimum absolute atomic E-state index is 0.0499. The summed E-state index contributed by atoms with van der Waals surface area (Å²) in [4.78, 5) is 4.86. The second-order valence-electron chi connectivity index (χ2n) is 5.98. The summed E-state index contributed by atoms with van der Waals surface area (Å²) in [6, 6.07) is 0.548. The van der Waals surface area contributed by atoms with Crippen molar-refractivity contribution in [2.45, 2.75) is 69.9 Å². The van der Waals surface area contributed by atoms with Crippen molar-refractivity contribution >= 4 is 5.90 Å². The van der Waals surface area contributed by atoms with E-state index in [1.807, 2.05) is 0 Å². The van der Waals surface area contributed by atoms with Crippen LogP contribution in [0.25, 0.3) is 0 Å². The van der Waals surface area contributed by atoms with Crippen molar-refractivity contribution in [3.63, 3.8) is 0 Å². The van der Waals surface area contributed by atoms with Crippen LogP contribution in [-0.4, -0.2) is 17.5 Å². The molecule has 0 spiro atoms. The molecule has 0 bridgehead atoms. The Morgan fingerprint density at radius 1 is 1.24 bits per heavy atom. The SMILES string of the molecule is CC12C=CCCC1CC(=NC1CCCCC1)O2. The van der Waals surface area contributed by atoms with E-state index in [9.17, 15) is 0 Å². The first-order valence-corrected chi connectivity index (χ1v) is 7.20. The third kappa shape index (κ3) is 2.27. The van der Waals surface area contributed by atoms with E-state index in [2.05, 4.69) is 19.1 Å². The van der Waals surface area contributed by atoms with Gasteiger partial charge in [-0.05, 0) is 38.7 Å². The van der Waals surface area contributed by atoms with E-state index in [1.54, 1.807) is 0 Å². The smallest absolute Gasteiger partial charge is 0.184 e. The molecule has 3 aliphatic rings. The van der Waals surface area contributed by atoms with Crippen LogP contribution >= 0.6 is 0 Å². The molecule has 2 atom stereocenters. The minimum atomic E-state index is -0.0499. The number of hydrogen-bond acceptors (Lipinski definition) is 2. The minimum Gasteiger partial charge on any atom is -0.470 e. The number of nitrogens with zero attached hydrogens (tertiary/aromatic N) is 1. The standard InChI is InChI=1S/C15H23NO/c1-15-10-6-5-7-12(15)11-14(17-15)16-13-8-3-2-4-9-13/h6,10,12-13H,2-5,7-9,11H2,1H3. The molecule has 94 valence electrons. The lowest BCUT2D eigenvalue weighted by Gasteiger charge is -2.29. The van der Waals surface area contributed by atoms with Crippen LogP contribution in [0.4, 0.5) is 0 Å². The van der Waals surface area contributed by atoms with Crippen LogP contribution in [0.1, 0.15) is 58.3 Å². The molecular weight excluding hydrogens is 210 g/mol. The quantitative estimate of drug-likeness (QED) is 0.630. The molecule has 2 aliphatic carbocycles. The second-order valence-corrected chi connectivity index (χ2v) is 5.98. The maximum Gasteiger partial charge on any atom is 0.184 e. The fourth-order valence-electron chi connectivity index (χ4n) is 3.46. The Bertz CT molecular complexity index is 341. The highest BCUT2D eigenvalue weighted by atomic mass is 16.5. The van der Waals surface area contributed by atoms with Gasteiger partial charge in [-0.3, -0.25) is 4.99 Å². The molecular formula is C15H23NO. The number of allylic oxidation sites excluding steroid dienone is 1. The summed E-state index contributed by atoms with van der Waals surface area (Å²) in [7, 11) is 0. The van der Waals surface area contributed by atoms with Gasteiger partial charge in [-0.25, -0.2) is 0 Å². The van der Waals surface area contributed by atoms with Crippen LogP contribution in [0.3, 0.4) is 0 Å². The molecule has 0 aromatic rings. The average molecular weight is 233 g/mol. The van der Waals surface area contributed by atoms with Crippen LogP contribution in [0.5, 0.6) is 0 Å². The summed E-state index contributed by atoms with van der Waals surface area (Å²) >= 11 is 0. The first kappa shape index (κ1) is 11.3. The summed E-state index contributed by atoms with van der Waals surface area (Å²) in [5.74, 6) is 1.70. The first-order chi connectivity index (χ1) is 8.26. The molecule has 17 heavy (non-hydrogen) atoms. The zero-order chi connectivity index (χ0) is 11.7. The number of hydrogen-bond donors (Lipinski definition) is 0. The second kappa shape index (κ2) is 4.47. The number of rotatable bonds is 1. The van der Waals surface area contributed by atoms with E-state index in [4.69, 9.17) is 9.73 Å². The molecule has 1 aliphatic heterocycles. The third-order valence-corrected chi connectivity index (χ3v) is 4.60. The fourth-order valence-corrected chi connectivity index (χ4v) is 3.46. The molecule has 1 saturated heterocycles. The van der Waals surface area contributed by atoms with Gasteiger partial charge in [0.25, 0.3) is 0 Å². The highest BCUT2D eigenvalue weighted by Gasteiger charge is 2.43. The van der Waals surface area contributed by atoms with E-state index in [-0.39, 0.29) is 5.60 Å². The van der Waals surface area contributed by atoms with Gasteiger partial charge >= 0.3 is 0 Å². The Kier molecular flexibility index (Phi) is 2.97. The Morgan fingerprint density at radius 2 is 2.06 bits per heavy atom. The molecule has 1 heterocycles.